The summed E-state index contributed by atoms with van der Waals surface area (Å²) < 4.78 is 6.98. The Hall–Kier alpha value is -4.13. The largest absolute Gasteiger partial charge is 0.496 e. The van der Waals surface area contributed by atoms with Crippen molar-refractivity contribution in [2.75, 3.05) is 12.4 Å². The van der Waals surface area contributed by atoms with Gasteiger partial charge in [-0.1, -0.05) is 24.3 Å². The van der Waals surface area contributed by atoms with E-state index in [1.807, 2.05) is 41.0 Å². The molecule has 1 aromatic heterocycles. The minimum atomic E-state index is -1.10. The van der Waals surface area contributed by atoms with Crippen LogP contribution < -0.4 is 10.1 Å². The van der Waals surface area contributed by atoms with Crippen molar-refractivity contribution in [1.82, 2.24) is 9.55 Å². The van der Waals surface area contributed by atoms with E-state index in [2.05, 4.69) is 10.3 Å². The number of amides is 1. The first kappa shape index (κ1) is 18.2. The van der Waals surface area contributed by atoms with Gasteiger partial charge in [0.2, 0.25) is 0 Å². The van der Waals surface area contributed by atoms with Gasteiger partial charge in [0.15, 0.2) is 0 Å². The molecule has 29 heavy (non-hydrogen) atoms. The molecule has 0 aliphatic rings. The number of hydrogen-bond acceptors (Lipinski definition) is 4. The highest BCUT2D eigenvalue weighted by Crippen LogP contribution is 2.25. The fraction of sp³-hybridized carbons (Fsp3) is 0.0455. The molecule has 7 nitrogen and oxygen atoms in total. The van der Waals surface area contributed by atoms with Crippen LogP contribution in [0.5, 0.6) is 5.75 Å². The average molecular weight is 387 g/mol. The van der Waals surface area contributed by atoms with Crippen LogP contribution in [-0.4, -0.2) is 33.6 Å². The van der Waals surface area contributed by atoms with Crippen LogP contribution in [0, 0.1) is 0 Å². The number of para-hydroxylation sites is 3. The predicted octanol–water partition coefficient (Wildman–Crippen LogP) is 3.98. The Kier molecular flexibility index (Phi) is 4.70. The van der Waals surface area contributed by atoms with Crippen LogP contribution in [0.3, 0.4) is 0 Å². The Bertz CT molecular complexity index is 1230. The first-order chi connectivity index (χ1) is 14.1. The number of ether oxygens (including phenoxy) is 1. The van der Waals surface area contributed by atoms with Crippen molar-refractivity contribution < 1.29 is 19.4 Å². The molecule has 4 aromatic rings. The van der Waals surface area contributed by atoms with Crippen molar-refractivity contribution >= 4 is 28.6 Å². The van der Waals surface area contributed by atoms with E-state index in [1.165, 1.54) is 25.3 Å². The molecule has 1 amide bonds. The lowest BCUT2D eigenvalue weighted by Crippen LogP contribution is -2.15. The van der Waals surface area contributed by atoms with Gasteiger partial charge in [0.05, 0.1) is 29.4 Å². The molecule has 0 aliphatic carbocycles. The molecule has 0 radical (unpaired) electrons. The van der Waals surface area contributed by atoms with Crippen molar-refractivity contribution in [3.8, 4) is 11.4 Å². The topological polar surface area (TPSA) is 93.5 Å². The van der Waals surface area contributed by atoms with Gasteiger partial charge in [-0.05, 0) is 36.4 Å². The van der Waals surface area contributed by atoms with Crippen LogP contribution in [0.15, 0.2) is 73.1 Å². The molecule has 2 N–H and O–H groups in total. The maximum atomic E-state index is 13.0. The number of nitrogens with zero attached hydrogens (tertiary/aromatic N) is 2. The molecule has 0 aliphatic heterocycles. The Morgan fingerprint density at radius 3 is 2.55 bits per heavy atom. The number of carbonyl (C=O) groups is 2. The van der Waals surface area contributed by atoms with E-state index in [1.54, 1.807) is 18.5 Å². The molecule has 1 heterocycles. The number of carboxylic acid groups (broad SMARTS) is 1. The second-order valence-electron chi connectivity index (χ2n) is 6.29. The molecule has 0 bridgehead atoms. The SMILES string of the molecule is COc1cc(NC(=O)c2ccccc2-n2cnc3ccccc32)ccc1C(=O)O. The quantitative estimate of drug-likeness (QED) is 0.540. The number of hydrogen-bond donors (Lipinski definition) is 2. The summed E-state index contributed by atoms with van der Waals surface area (Å²) in [6.07, 6.45) is 1.68. The third-order valence-electron chi connectivity index (χ3n) is 4.55. The lowest BCUT2D eigenvalue weighted by molar-refractivity contribution is 0.0693. The van der Waals surface area contributed by atoms with Crippen LogP contribution in [0.25, 0.3) is 16.7 Å². The van der Waals surface area contributed by atoms with Crippen LogP contribution >= 0.6 is 0 Å². The van der Waals surface area contributed by atoms with E-state index in [9.17, 15) is 14.7 Å². The number of rotatable bonds is 5. The molecule has 3 aromatic carbocycles. The average Bonchev–Trinajstić information content (AvgIpc) is 3.17. The van der Waals surface area contributed by atoms with E-state index >= 15 is 0 Å². The maximum Gasteiger partial charge on any atom is 0.339 e. The van der Waals surface area contributed by atoms with Crippen LogP contribution in [0.4, 0.5) is 5.69 Å². The highest BCUT2D eigenvalue weighted by atomic mass is 16.5. The van der Waals surface area contributed by atoms with Crippen LogP contribution in [0.2, 0.25) is 0 Å². The van der Waals surface area contributed by atoms with Gasteiger partial charge in [0, 0.05) is 11.8 Å². The number of benzene rings is 3. The van der Waals surface area contributed by atoms with E-state index < -0.39 is 5.97 Å². The minimum Gasteiger partial charge on any atom is -0.496 e. The summed E-state index contributed by atoms with van der Waals surface area (Å²) >= 11 is 0. The fourth-order valence-corrected chi connectivity index (χ4v) is 3.17. The zero-order chi connectivity index (χ0) is 20.4. The Balaban J connectivity index is 1.70. The first-order valence-corrected chi connectivity index (χ1v) is 8.82. The standard InChI is InChI=1S/C22H17N3O4/c1-29-20-12-14(10-11-16(20)22(27)28)24-21(26)15-6-2-4-8-18(15)25-13-23-17-7-3-5-9-19(17)25/h2-13H,1H3,(H,24,26)(H,27,28). The monoisotopic (exact) mass is 387 g/mol. The summed E-state index contributed by atoms with van der Waals surface area (Å²) in [5.41, 5.74) is 3.32. The van der Waals surface area contributed by atoms with Gasteiger partial charge in [-0.3, -0.25) is 9.36 Å². The van der Waals surface area contributed by atoms with Crippen molar-refractivity contribution in [2.24, 2.45) is 0 Å². The zero-order valence-electron chi connectivity index (χ0n) is 15.5. The van der Waals surface area contributed by atoms with Gasteiger partial charge in [0.25, 0.3) is 5.91 Å². The normalized spacial score (nSPS) is 10.7. The smallest absolute Gasteiger partial charge is 0.339 e. The van der Waals surface area contributed by atoms with Gasteiger partial charge in [0.1, 0.15) is 17.6 Å². The number of imidazole rings is 1. The number of carboxylic acids is 1. The van der Waals surface area contributed by atoms with Crippen molar-refractivity contribution in [1.29, 1.82) is 0 Å². The first-order valence-electron chi connectivity index (χ1n) is 8.82. The number of anilines is 1. The number of aromatic carboxylic acids is 1. The minimum absolute atomic E-state index is 0.0239. The molecule has 0 unspecified atom stereocenters. The lowest BCUT2D eigenvalue weighted by Gasteiger charge is -2.13. The molecule has 0 fully saturated rings. The number of aromatic nitrogens is 2. The van der Waals surface area contributed by atoms with E-state index in [0.717, 1.165) is 11.0 Å². The summed E-state index contributed by atoms with van der Waals surface area (Å²) in [4.78, 5) is 28.6. The summed E-state index contributed by atoms with van der Waals surface area (Å²) in [6, 6.07) is 19.3. The zero-order valence-corrected chi connectivity index (χ0v) is 15.5. The molecule has 144 valence electrons. The third kappa shape index (κ3) is 3.41. The Labute approximate surface area is 166 Å². The number of methoxy groups -OCH3 is 1. The van der Waals surface area contributed by atoms with Crippen molar-refractivity contribution in [3.63, 3.8) is 0 Å². The Morgan fingerprint density at radius 1 is 1.00 bits per heavy atom. The molecule has 0 atom stereocenters. The summed E-state index contributed by atoms with van der Waals surface area (Å²) in [6.45, 7) is 0. The fourth-order valence-electron chi connectivity index (χ4n) is 3.17. The van der Waals surface area contributed by atoms with Crippen LogP contribution in [-0.2, 0) is 0 Å². The third-order valence-corrected chi connectivity index (χ3v) is 4.55. The summed E-state index contributed by atoms with van der Waals surface area (Å²) in [5, 5.41) is 12.0. The van der Waals surface area contributed by atoms with E-state index in [4.69, 9.17) is 4.74 Å². The molecule has 7 heteroatoms. The number of nitrogens with one attached hydrogen (secondary N) is 1. The molecular formula is C22H17N3O4. The summed E-state index contributed by atoms with van der Waals surface area (Å²) in [7, 11) is 1.38. The van der Waals surface area contributed by atoms with Gasteiger partial charge < -0.3 is 15.2 Å². The van der Waals surface area contributed by atoms with E-state index in [0.29, 0.717) is 16.9 Å². The molecule has 0 saturated heterocycles. The predicted molar refractivity (Wildman–Crippen MR) is 109 cm³/mol. The second kappa shape index (κ2) is 7.47. The van der Waals surface area contributed by atoms with E-state index in [-0.39, 0.29) is 17.2 Å². The highest BCUT2D eigenvalue weighted by Gasteiger charge is 2.16. The molecule has 0 saturated carbocycles. The van der Waals surface area contributed by atoms with Gasteiger partial charge >= 0.3 is 5.97 Å². The Morgan fingerprint density at radius 2 is 1.76 bits per heavy atom. The van der Waals surface area contributed by atoms with Gasteiger partial charge in [-0.25, -0.2) is 9.78 Å². The molecule has 4 rings (SSSR count). The van der Waals surface area contributed by atoms with Crippen molar-refractivity contribution in [2.45, 2.75) is 0 Å². The van der Waals surface area contributed by atoms with Crippen molar-refractivity contribution in [3.05, 3.63) is 84.2 Å². The summed E-state index contributed by atoms with van der Waals surface area (Å²) in [5.74, 6) is -1.26. The maximum absolute atomic E-state index is 13.0. The highest BCUT2D eigenvalue weighted by molar-refractivity contribution is 6.07. The second-order valence-corrected chi connectivity index (χ2v) is 6.29. The van der Waals surface area contributed by atoms with Crippen LogP contribution in [0.1, 0.15) is 20.7 Å². The van der Waals surface area contributed by atoms with Gasteiger partial charge in [-0.15, -0.1) is 0 Å². The number of fused-ring (bicyclic) bond motifs is 1. The molecular weight excluding hydrogens is 370 g/mol. The lowest BCUT2D eigenvalue weighted by atomic mass is 10.1. The number of carbonyl (C=O) groups excluding carboxylic acids is 1. The van der Waals surface area contributed by atoms with Gasteiger partial charge in [-0.2, -0.15) is 0 Å². The molecule has 0 spiro atoms.